The highest BCUT2D eigenvalue weighted by atomic mass is 16.2. The Morgan fingerprint density at radius 1 is 0.673 bits per heavy atom. The summed E-state index contributed by atoms with van der Waals surface area (Å²) in [5, 5.41) is 6.45. The van der Waals surface area contributed by atoms with E-state index >= 15 is 0 Å². The number of aryl methyl sites for hydroxylation is 1. The molecule has 0 aliphatic carbocycles. The van der Waals surface area contributed by atoms with Gasteiger partial charge in [-0.1, -0.05) is 48.5 Å². The van der Waals surface area contributed by atoms with Gasteiger partial charge < -0.3 is 54.0 Å². The molecule has 16 heteroatoms. The van der Waals surface area contributed by atoms with Crippen molar-refractivity contribution < 1.29 is 24.0 Å². The lowest BCUT2D eigenvalue weighted by Crippen LogP contribution is -2.51. The normalized spacial score (nSPS) is 12.1. The van der Waals surface area contributed by atoms with Gasteiger partial charge in [0.15, 0.2) is 0 Å². The fraction of sp³-hybridized carbons (Fsp3) is 0.444. The first-order valence-electron chi connectivity index (χ1n) is 17.5. The molecule has 2 aromatic carbocycles. The molecule has 0 aliphatic heterocycles. The first-order chi connectivity index (χ1) is 25.1. The molecule has 0 bridgehead atoms. The fourth-order valence-electron chi connectivity index (χ4n) is 5.54. The number of pyridine rings is 1. The quantitative estimate of drug-likeness (QED) is 0.0643. The average Bonchev–Trinajstić information content (AvgIpc) is 3.14. The Labute approximate surface area is 304 Å². The van der Waals surface area contributed by atoms with Gasteiger partial charge in [-0.15, -0.1) is 0 Å². The Morgan fingerprint density at radius 3 is 1.81 bits per heavy atom. The zero-order chi connectivity index (χ0) is 37.9. The van der Waals surface area contributed by atoms with Crippen LogP contribution in [0.5, 0.6) is 0 Å². The summed E-state index contributed by atoms with van der Waals surface area (Å²) >= 11 is 0. The van der Waals surface area contributed by atoms with Crippen LogP contribution in [0.3, 0.4) is 0 Å². The zero-order valence-electron chi connectivity index (χ0n) is 29.6. The third kappa shape index (κ3) is 13.3. The molecular formula is C36H53N11O5. The third-order valence-electron chi connectivity index (χ3n) is 8.37. The van der Waals surface area contributed by atoms with Crippen molar-refractivity contribution in [1.29, 1.82) is 0 Å². The van der Waals surface area contributed by atoms with E-state index in [2.05, 4.69) is 15.6 Å². The minimum atomic E-state index is -1.18. The molecule has 1 aromatic heterocycles. The number of nitrogens with zero attached hydrogens (tertiary/aromatic N) is 4. The van der Waals surface area contributed by atoms with Crippen molar-refractivity contribution >= 4 is 46.1 Å². The van der Waals surface area contributed by atoms with E-state index in [4.69, 9.17) is 28.7 Å². The van der Waals surface area contributed by atoms with Gasteiger partial charge in [-0.2, -0.15) is 0 Å². The van der Waals surface area contributed by atoms with Crippen LogP contribution in [0.25, 0.3) is 10.9 Å². The average molecular weight is 720 g/mol. The predicted octanol–water partition coefficient (Wildman–Crippen LogP) is -1.28. The summed E-state index contributed by atoms with van der Waals surface area (Å²) in [5.41, 5.74) is 31.1. The van der Waals surface area contributed by atoms with Crippen molar-refractivity contribution in [3.05, 3.63) is 72.4 Å². The number of hydrogen-bond donors (Lipinski definition) is 7. The second-order valence-electron chi connectivity index (χ2n) is 12.3. The lowest BCUT2D eigenvalue weighted by atomic mass is 10.0. The summed E-state index contributed by atoms with van der Waals surface area (Å²) in [7, 11) is 0. The SMILES string of the molecule is NCCN(CCN)C(=O)CN(CC(=O)N(CCN)CCN)C(=O)CCC(N)C(=O)NC(CCc1ccccc1)C(=O)Nc1cnc2ccccc2c1. The van der Waals surface area contributed by atoms with Crippen molar-refractivity contribution in [2.45, 2.75) is 37.8 Å². The highest BCUT2D eigenvalue weighted by Gasteiger charge is 2.28. The molecule has 3 aromatic rings. The van der Waals surface area contributed by atoms with Crippen LogP contribution in [-0.2, 0) is 30.4 Å². The molecule has 12 N–H and O–H groups in total. The highest BCUT2D eigenvalue weighted by Crippen LogP contribution is 2.17. The van der Waals surface area contributed by atoms with Gasteiger partial charge in [-0.05, 0) is 37.0 Å². The number of carbonyl (C=O) groups is 5. The van der Waals surface area contributed by atoms with E-state index < -0.39 is 54.7 Å². The van der Waals surface area contributed by atoms with E-state index in [1.807, 2.05) is 54.6 Å². The number of benzene rings is 2. The van der Waals surface area contributed by atoms with Crippen LogP contribution in [-0.4, -0.2) is 127 Å². The number of nitrogens with two attached hydrogens (primary N) is 5. The van der Waals surface area contributed by atoms with Gasteiger partial charge in [0.05, 0.1) is 23.4 Å². The van der Waals surface area contributed by atoms with E-state index in [1.54, 1.807) is 12.3 Å². The number of nitrogens with one attached hydrogen (secondary N) is 2. The second-order valence-corrected chi connectivity index (χ2v) is 12.3. The monoisotopic (exact) mass is 719 g/mol. The van der Waals surface area contributed by atoms with Gasteiger partial charge in [0, 0.05) is 64.2 Å². The Balaban J connectivity index is 1.71. The summed E-state index contributed by atoms with van der Waals surface area (Å²) < 4.78 is 0. The van der Waals surface area contributed by atoms with Crippen molar-refractivity contribution in [2.75, 3.05) is 70.8 Å². The highest BCUT2D eigenvalue weighted by molar-refractivity contribution is 5.99. The maximum atomic E-state index is 13.5. The lowest BCUT2D eigenvalue weighted by Gasteiger charge is -2.29. The summed E-state index contributed by atoms with van der Waals surface area (Å²) in [4.78, 5) is 75.1. The van der Waals surface area contributed by atoms with Crippen molar-refractivity contribution in [2.24, 2.45) is 28.7 Å². The molecule has 0 saturated heterocycles. The molecule has 0 saturated carbocycles. The van der Waals surface area contributed by atoms with Gasteiger partial charge in [0.2, 0.25) is 29.5 Å². The fourth-order valence-corrected chi connectivity index (χ4v) is 5.54. The van der Waals surface area contributed by atoms with Crippen LogP contribution >= 0.6 is 0 Å². The molecule has 52 heavy (non-hydrogen) atoms. The van der Waals surface area contributed by atoms with Crippen molar-refractivity contribution in [1.82, 2.24) is 25.0 Å². The molecule has 3 rings (SSSR count). The summed E-state index contributed by atoms with van der Waals surface area (Å²) in [6.07, 6.45) is 1.95. The van der Waals surface area contributed by atoms with E-state index in [9.17, 15) is 24.0 Å². The number of rotatable bonds is 22. The molecule has 0 fully saturated rings. The number of fused-ring (bicyclic) bond motifs is 1. The second kappa shape index (κ2) is 22.0. The number of carbonyl (C=O) groups excluding carboxylic acids is 5. The van der Waals surface area contributed by atoms with Crippen LogP contribution < -0.4 is 39.3 Å². The molecule has 2 atom stereocenters. The molecule has 1 heterocycles. The van der Waals surface area contributed by atoms with Crippen LogP contribution in [0.15, 0.2) is 66.9 Å². The smallest absolute Gasteiger partial charge is 0.247 e. The molecule has 0 radical (unpaired) electrons. The molecule has 2 unspecified atom stereocenters. The number of aromatic nitrogens is 1. The number of amides is 5. The molecule has 0 spiro atoms. The van der Waals surface area contributed by atoms with Crippen LogP contribution in [0.2, 0.25) is 0 Å². The molecule has 5 amide bonds. The number of hydrogen-bond acceptors (Lipinski definition) is 11. The van der Waals surface area contributed by atoms with Gasteiger partial charge in [0.1, 0.15) is 19.1 Å². The van der Waals surface area contributed by atoms with Gasteiger partial charge in [0.25, 0.3) is 0 Å². The van der Waals surface area contributed by atoms with Crippen LogP contribution in [0, 0.1) is 0 Å². The third-order valence-corrected chi connectivity index (χ3v) is 8.37. The van der Waals surface area contributed by atoms with E-state index in [0.717, 1.165) is 21.4 Å². The van der Waals surface area contributed by atoms with Crippen molar-refractivity contribution in [3.63, 3.8) is 0 Å². The lowest BCUT2D eigenvalue weighted by molar-refractivity contribution is -0.145. The van der Waals surface area contributed by atoms with Crippen LogP contribution in [0.4, 0.5) is 5.69 Å². The number of para-hydroxylation sites is 1. The van der Waals surface area contributed by atoms with Gasteiger partial charge in [-0.3, -0.25) is 29.0 Å². The Morgan fingerprint density at radius 2 is 1.23 bits per heavy atom. The maximum absolute atomic E-state index is 13.5. The first-order valence-corrected chi connectivity index (χ1v) is 17.5. The summed E-state index contributed by atoms with van der Waals surface area (Å²) in [5.74, 6) is -2.51. The molecule has 0 aliphatic rings. The standard InChI is InChI=1S/C36H53N11O5/c37-14-18-45(19-15-38)33(49)24-47(25-34(50)46(20-16-39)21-17-40)32(48)13-11-29(41)35(51)44-31(12-10-26-6-2-1-3-7-26)36(52)43-28-22-27-8-4-5-9-30(27)42-23-28/h1-9,22-23,29,31H,10-21,24-25,37-41H2,(H,43,52)(H,44,51). The molecule has 282 valence electrons. The Bertz CT molecular complexity index is 1570. The zero-order valence-corrected chi connectivity index (χ0v) is 29.6. The maximum Gasteiger partial charge on any atom is 0.247 e. The first kappa shape index (κ1) is 41.4. The summed E-state index contributed by atoms with van der Waals surface area (Å²) in [6, 6.07) is 16.7. The van der Waals surface area contributed by atoms with Crippen molar-refractivity contribution in [3.8, 4) is 0 Å². The Hall–Kier alpha value is -5.00. The minimum absolute atomic E-state index is 0.115. The predicted molar refractivity (Wildman–Crippen MR) is 200 cm³/mol. The van der Waals surface area contributed by atoms with Gasteiger partial charge >= 0.3 is 0 Å². The summed E-state index contributed by atoms with van der Waals surface area (Å²) in [6.45, 7) is 0.825. The van der Waals surface area contributed by atoms with E-state index in [0.29, 0.717) is 12.1 Å². The minimum Gasteiger partial charge on any atom is -0.343 e. The molecular weight excluding hydrogens is 666 g/mol. The topological polar surface area (TPSA) is 262 Å². The van der Waals surface area contributed by atoms with E-state index in [-0.39, 0.29) is 71.6 Å². The van der Waals surface area contributed by atoms with Crippen LogP contribution in [0.1, 0.15) is 24.8 Å². The Kier molecular flexibility index (Phi) is 17.6. The van der Waals surface area contributed by atoms with E-state index in [1.165, 1.54) is 9.80 Å². The van der Waals surface area contributed by atoms with Gasteiger partial charge in [-0.25, -0.2) is 0 Å². The largest absolute Gasteiger partial charge is 0.343 e. The number of anilines is 1. The molecule has 16 nitrogen and oxygen atoms in total.